The number of hydrogen-bond donors (Lipinski definition) is 0. The molecule has 0 aromatic rings. The van der Waals surface area contributed by atoms with E-state index in [0.29, 0.717) is 19.3 Å². The number of unbranched alkanes of at least 4 members (excludes halogenated alkanes) is 20. The van der Waals surface area contributed by atoms with E-state index in [-0.39, 0.29) is 37.5 Å². The Hall–Kier alpha value is -3.41. The maximum Gasteiger partial charge on any atom is 0.306 e. The molecule has 0 bridgehead atoms. The fraction of sp³-hybridized carbons (Fsp3) is 0.696. The molecule has 0 spiro atoms. The van der Waals surface area contributed by atoms with Crippen LogP contribution in [0, 0.1) is 0 Å². The largest absolute Gasteiger partial charge is 0.462 e. The van der Waals surface area contributed by atoms with Crippen LogP contribution in [-0.4, -0.2) is 37.2 Å². The van der Waals surface area contributed by atoms with Gasteiger partial charge in [0.15, 0.2) is 6.10 Å². The zero-order valence-electron chi connectivity index (χ0n) is 40.4. The van der Waals surface area contributed by atoms with E-state index < -0.39 is 6.10 Å². The van der Waals surface area contributed by atoms with Crippen LogP contribution in [0.25, 0.3) is 0 Å². The first-order valence-corrected chi connectivity index (χ1v) is 25.6. The van der Waals surface area contributed by atoms with Crippen LogP contribution < -0.4 is 0 Å². The molecule has 0 aliphatic carbocycles. The standard InChI is InChI=1S/C56H94O6/c1-4-7-10-13-16-19-22-25-26-27-28-29-30-32-34-37-40-43-46-49-55(58)61-52-53(51-60-54(57)48-45-42-39-36-33-24-21-18-15-12-9-6-3)62-56(59)50-47-44-41-38-35-31-23-20-17-14-11-8-5-2/h7,10,16,19,25-26,28-29,31-32,34-35,41,44,53H,4-6,8-9,11-15,17-18,20-24,27,30,33,36-40,42-43,45-52H2,1-3H3/b10-7-,19-16-,26-25-,29-28-,34-32-,35-31-,44-41-. The molecule has 0 saturated heterocycles. The van der Waals surface area contributed by atoms with Crippen LogP contribution in [0.5, 0.6) is 0 Å². The highest BCUT2D eigenvalue weighted by atomic mass is 16.6. The first-order chi connectivity index (χ1) is 30.5. The molecule has 0 rings (SSSR count). The van der Waals surface area contributed by atoms with E-state index in [1.807, 2.05) is 6.08 Å². The Morgan fingerprint density at radius 1 is 0.339 bits per heavy atom. The highest BCUT2D eigenvalue weighted by Gasteiger charge is 2.19. The number of carbonyl (C=O) groups excluding carboxylic acids is 3. The van der Waals surface area contributed by atoms with Gasteiger partial charge in [0.05, 0.1) is 0 Å². The molecule has 0 aliphatic heterocycles. The van der Waals surface area contributed by atoms with Gasteiger partial charge in [0, 0.05) is 19.3 Å². The second-order valence-electron chi connectivity index (χ2n) is 16.7. The number of rotatable bonds is 45. The van der Waals surface area contributed by atoms with Crippen LogP contribution in [0.15, 0.2) is 85.1 Å². The minimum absolute atomic E-state index is 0.109. The normalized spacial score (nSPS) is 12.8. The summed E-state index contributed by atoms with van der Waals surface area (Å²) in [6.45, 7) is 6.43. The van der Waals surface area contributed by atoms with Gasteiger partial charge in [0.2, 0.25) is 0 Å². The molecule has 1 atom stereocenters. The van der Waals surface area contributed by atoms with Gasteiger partial charge in [-0.05, 0) is 83.5 Å². The van der Waals surface area contributed by atoms with Crippen LogP contribution in [0.2, 0.25) is 0 Å². The third-order valence-electron chi connectivity index (χ3n) is 10.6. The average Bonchev–Trinajstić information content (AvgIpc) is 3.27. The molecular formula is C56H94O6. The summed E-state index contributed by atoms with van der Waals surface area (Å²) in [6.07, 6.45) is 64.3. The Kier molecular flexibility index (Phi) is 47.5. The zero-order valence-corrected chi connectivity index (χ0v) is 40.4. The summed E-state index contributed by atoms with van der Waals surface area (Å²) in [6, 6.07) is 0. The topological polar surface area (TPSA) is 78.9 Å². The Morgan fingerprint density at radius 3 is 1.06 bits per heavy atom. The lowest BCUT2D eigenvalue weighted by molar-refractivity contribution is -0.166. The van der Waals surface area contributed by atoms with Gasteiger partial charge in [0.1, 0.15) is 13.2 Å². The van der Waals surface area contributed by atoms with Gasteiger partial charge < -0.3 is 14.2 Å². The van der Waals surface area contributed by atoms with Gasteiger partial charge in [-0.3, -0.25) is 14.4 Å². The maximum atomic E-state index is 12.7. The summed E-state index contributed by atoms with van der Waals surface area (Å²) in [5.74, 6) is -1.01. The molecule has 62 heavy (non-hydrogen) atoms. The van der Waals surface area contributed by atoms with Crippen molar-refractivity contribution in [1.29, 1.82) is 0 Å². The predicted octanol–water partition coefficient (Wildman–Crippen LogP) is 16.8. The molecule has 0 radical (unpaired) electrons. The highest BCUT2D eigenvalue weighted by molar-refractivity contribution is 5.71. The van der Waals surface area contributed by atoms with Crippen molar-refractivity contribution in [2.24, 2.45) is 0 Å². The number of ether oxygens (including phenoxy) is 3. The fourth-order valence-corrected chi connectivity index (χ4v) is 6.81. The first-order valence-electron chi connectivity index (χ1n) is 25.6. The Labute approximate surface area is 382 Å². The molecule has 0 N–H and O–H groups in total. The van der Waals surface area contributed by atoms with Crippen LogP contribution in [0.1, 0.15) is 233 Å². The monoisotopic (exact) mass is 863 g/mol. The highest BCUT2D eigenvalue weighted by Crippen LogP contribution is 2.14. The minimum Gasteiger partial charge on any atom is -0.462 e. The Bertz CT molecular complexity index is 1220. The minimum atomic E-state index is -0.818. The van der Waals surface area contributed by atoms with Crippen molar-refractivity contribution < 1.29 is 28.6 Å². The van der Waals surface area contributed by atoms with Gasteiger partial charge in [-0.15, -0.1) is 0 Å². The van der Waals surface area contributed by atoms with Crippen molar-refractivity contribution in [2.45, 2.75) is 239 Å². The molecule has 0 saturated carbocycles. The molecule has 0 aromatic carbocycles. The zero-order chi connectivity index (χ0) is 45.1. The van der Waals surface area contributed by atoms with Gasteiger partial charge in [0.25, 0.3) is 0 Å². The maximum absolute atomic E-state index is 12.7. The Balaban J connectivity index is 4.48. The predicted molar refractivity (Wildman–Crippen MR) is 265 cm³/mol. The van der Waals surface area contributed by atoms with Crippen molar-refractivity contribution in [3.8, 4) is 0 Å². The molecule has 6 nitrogen and oxygen atoms in total. The molecule has 0 fully saturated rings. The number of carbonyl (C=O) groups is 3. The quantitative estimate of drug-likeness (QED) is 0.0263. The van der Waals surface area contributed by atoms with E-state index in [2.05, 4.69) is 99.8 Å². The molecule has 6 heteroatoms. The average molecular weight is 863 g/mol. The first kappa shape index (κ1) is 58.6. The van der Waals surface area contributed by atoms with Gasteiger partial charge in [-0.1, -0.05) is 215 Å². The molecule has 0 heterocycles. The molecule has 0 aliphatic rings. The Morgan fingerprint density at radius 2 is 0.661 bits per heavy atom. The van der Waals surface area contributed by atoms with E-state index in [4.69, 9.17) is 14.2 Å². The van der Waals surface area contributed by atoms with E-state index in [9.17, 15) is 14.4 Å². The summed E-state index contributed by atoms with van der Waals surface area (Å²) in [5.41, 5.74) is 0. The van der Waals surface area contributed by atoms with Gasteiger partial charge in [-0.2, -0.15) is 0 Å². The summed E-state index contributed by atoms with van der Waals surface area (Å²) in [7, 11) is 0. The van der Waals surface area contributed by atoms with Gasteiger partial charge in [-0.25, -0.2) is 0 Å². The number of allylic oxidation sites excluding steroid dienone is 14. The summed E-state index contributed by atoms with van der Waals surface area (Å²) >= 11 is 0. The third-order valence-corrected chi connectivity index (χ3v) is 10.6. The molecular weight excluding hydrogens is 769 g/mol. The second kappa shape index (κ2) is 50.2. The van der Waals surface area contributed by atoms with E-state index >= 15 is 0 Å². The van der Waals surface area contributed by atoms with Gasteiger partial charge >= 0.3 is 17.9 Å². The van der Waals surface area contributed by atoms with Crippen molar-refractivity contribution in [1.82, 2.24) is 0 Å². The lowest BCUT2D eigenvalue weighted by Crippen LogP contribution is -2.30. The van der Waals surface area contributed by atoms with E-state index in [1.54, 1.807) is 0 Å². The lowest BCUT2D eigenvalue weighted by Gasteiger charge is -2.18. The van der Waals surface area contributed by atoms with Crippen molar-refractivity contribution in [3.63, 3.8) is 0 Å². The molecule has 1 unspecified atom stereocenters. The van der Waals surface area contributed by atoms with E-state index in [0.717, 1.165) is 89.9 Å². The van der Waals surface area contributed by atoms with Crippen LogP contribution in [0.4, 0.5) is 0 Å². The SMILES string of the molecule is CC/C=C\C/C=C\C/C=C\C/C=C\C/C=C\CCCCCC(=O)OCC(COC(=O)CCCCCCCCCCCCCC)OC(=O)CC/C=C\C/C=C\CCCCCCCC. The summed E-state index contributed by atoms with van der Waals surface area (Å²) < 4.78 is 16.7. The van der Waals surface area contributed by atoms with Crippen molar-refractivity contribution >= 4 is 17.9 Å². The second-order valence-corrected chi connectivity index (χ2v) is 16.7. The number of esters is 3. The summed E-state index contributed by atoms with van der Waals surface area (Å²) in [4.78, 5) is 37.9. The van der Waals surface area contributed by atoms with Crippen LogP contribution >= 0.6 is 0 Å². The smallest absolute Gasteiger partial charge is 0.306 e. The van der Waals surface area contributed by atoms with Crippen molar-refractivity contribution in [3.05, 3.63) is 85.1 Å². The molecule has 0 amide bonds. The molecule has 354 valence electrons. The summed E-state index contributed by atoms with van der Waals surface area (Å²) in [5, 5.41) is 0. The fourth-order valence-electron chi connectivity index (χ4n) is 6.81. The van der Waals surface area contributed by atoms with Crippen molar-refractivity contribution in [2.75, 3.05) is 13.2 Å². The third kappa shape index (κ3) is 47.6. The number of hydrogen-bond acceptors (Lipinski definition) is 6. The lowest BCUT2D eigenvalue weighted by atomic mass is 10.0. The molecule has 0 aromatic heterocycles. The van der Waals surface area contributed by atoms with Crippen LogP contribution in [0.3, 0.4) is 0 Å². The van der Waals surface area contributed by atoms with Crippen LogP contribution in [-0.2, 0) is 28.6 Å². The van der Waals surface area contributed by atoms with E-state index in [1.165, 1.54) is 96.3 Å².